The first kappa shape index (κ1) is 16.3. The second-order valence-electron chi connectivity index (χ2n) is 5.47. The average Bonchev–Trinajstić information content (AvgIpc) is 2.77. The highest BCUT2D eigenvalue weighted by Gasteiger charge is 2.17. The first-order valence-electron chi connectivity index (χ1n) is 6.18. The van der Waals surface area contributed by atoms with E-state index < -0.39 is 10.0 Å². The summed E-state index contributed by atoms with van der Waals surface area (Å²) in [6, 6.07) is 6.67. The molecule has 0 atom stereocenters. The summed E-state index contributed by atoms with van der Waals surface area (Å²) in [4.78, 5) is 4.12. The van der Waals surface area contributed by atoms with Crippen molar-refractivity contribution in [2.24, 2.45) is 0 Å². The maximum absolute atomic E-state index is 12.2. The fourth-order valence-corrected chi connectivity index (χ4v) is 4.61. The number of nitrogens with one attached hydrogen (secondary N) is 2. The second kappa shape index (κ2) is 5.94. The Morgan fingerprint density at radius 1 is 1.19 bits per heavy atom. The standard InChI is InChI=1S/C13H16BrN3O2S2/c1-13(2,3)16-9-4-6-11(15-8-9)17-21(18,19)12-7-5-10(14)20-12/h4-8,16H,1-3H3,(H,15,17). The Hall–Kier alpha value is -1.12. The topological polar surface area (TPSA) is 71.1 Å². The molecule has 2 N–H and O–H groups in total. The van der Waals surface area contributed by atoms with Crippen molar-refractivity contribution in [3.63, 3.8) is 0 Å². The third-order valence-electron chi connectivity index (χ3n) is 2.34. The zero-order valence-electron chi connectivity index (χ0n) is 11.8. The molecule has 0 radical (unpaired) electrons. The summed E-state index contributed by atoms with van der Waals surface area (Å²) in [5.74, 6) is 0.291. The summed E-state index contributed by atoms with van der Waals surface area (Å²) in [5.41, 5.74) is 0.760. The van der Waals surface area contributed by atoms with Crippen LogP contribution in [0.5, 0.6) is 0 Å². The van der Waals surface area contributed by atoms with Gasteiger partial charge in [-0.15, -0.1) is 11.3 Å². The van der Waals surface area contributed by atoms with Crippen molar-refractivity contribution >= 4 is 48.8 Å². The van der Waals surface area contributed by atoms with Crippen LogP contribution >= 0.6 is 27.3 Å². The fraction of sp³-hybridized carbons (Fsp3) is 0.308. The number of thiophene rings is 1. The van der Waals surface area contributed by atoms with E-state index in [0.717, 1.165) is 20.8 Å². The molecule has 0 amide bonds. The molecule has 5 nitrogen and oxygen atoms in total. The molecule has 0 aliphatic heterocycles. The van der Waals surface area contributed by atoms with Crippen LogP contribution in [0.1, 0.15) is 20.8 Å². The number of nitrogens with zero attached hydrogens (tertiary/aromatic N) is 1. The number of rotatable bonds is 4. The molecule has 2 aromatic rings. The van der Waals surface area contributed by atoms with Crippen LogP contribution in [0.25, 0.3) is 0 Å². The highest BCUT2D eigenvalue weighted by molar-refractivity contribution is 9.11. The molecule has 0 bridgehead atoms. The largest absolute Gasteiger partial charge is 0.379 e. The third-order valence-corrected chi connectivity index (χ3v) is 5.81. The van der Waals surface area contributed by atoms with Gasteiger partial charge in [0.2, 0.25) is 0 Å². The van der Waals surface area contributed by atoms with Crippen LogP contribution in [0.15, 0.2) is 38.5 Å². The van der Waals surface area contributed by atoms with Crippen LogP contribution in [0.4, 0.5) is 11.5 Å². The lowest BCUT2D eigenvalue weighted by molar-refractivity contribution is 0.603. The summed E-state index contributed by atoms with van der Waals surface area (Å²) < 4.78 is 27.8. The van der Waals surface area contributed by atoms with E-state index in [2.05, 4.69) is 31.0 Å². The van der Waals surface area contributed by atoms with Gasteiger partial charge in [-0.1, -0.05) is 0 Å². The van der Waals surface area contributed by atoms with Crippen LogP contribution in [0.2, 0.25) is 0 Å². The Labute approximate surface area is 137 Å². The summed E-state index contributed by atoms with van der Waals surface area (Å²) in [5, 5.41) is 3.26. The quantitative estimate of drug-likeness (QED) is 0.830. The van der Waals surface area contributed by atoms with Gasteiger partial charge >= 0.3 is 0 Å². The zero-order valence-corrected chi connectivity index (χ0v) is 15.1. The Bertz CT molecular complexity index is 719. The van der Waals surface area contributed by atoms with Crippen molar-refractivity contribution in [2.75, 3.05) is 10.0 Å². The summed E-state index contributed by atoms with van der Waals surface area (Å²) in [7, 11) is -3.58. The number of pyridine rings is 1. The van der Waals surface area contributed by atoms with Crippen molar-refractivity contribution in [3.05, 3.63) is 34.2 Å². The van der Waals surface area contributed by atoms with E-state index in [1.54, 1.807) is 30.5 Å². The molecule has 8 heteroatoms. The van der Waals surface area contributed by atoms with E-state index in [-0.39, 0.29) is 9.75 Å². The van der Waals surface area contributed by atoms with Gasteiger partial charge in [0.15, 0.2) is 0 Å². The first-order valence-corrected chi connectivity index (χ1v) is 9.27. The molecule has 0 unspecified atom stereocenters. The summed E-state index contributed by atoms with van der Waals surface area (Å²) in [6.07, 6.45) is 1.60. The molecule has 114 valence electrons. The predicted octanol–water partition coefficient (Wildman–Crippen LogP) is 3.92. The van der Waals surface area contributed by atoms with Gasteiger partial charge in [0.1, 0.15) is 10.0 Å². The molecule has 0 aliphatic rings. The maximum atomic E-state index is 12.2. The molecule has 2 rings (SSSR count). The normalized spacial score (nSPS) is 12.2. The number of hydrogen-bond donors (Lipinski definition) is 2. The predicted molar refractivity (Wildman–Crippen MR) is 90.4 cm³/mol. The van der Waals surface area contributed by atoms with E-state index in [1.807, 2.05) is 20.8 Å². The lowest BCUT2D eigenvalue weighted by Gasteiger charge is -2.21. The van der Waals surface area contributed by atoms with Gasteiger partial charge in [-0.05, 0) is 61.0 Å². The molecule has 0 saturated heterocycles. The maximum Gasteiger partial charge on any atom is 0.272 e. The number of hydrogen-bond acceptors (Lipinski definition) is 5. The zero-order chi connectivity index (χ0) is 15.7. The number of sulfonamides is 1. The van der Waals surface area contributed by atoms with Gasteiger partial charge in [0, 0.05) is 5.54 Å². The van der Waals surface area contributed by atoms with Gasteiger partial charge < -0.3 is 5.32 Å². The smallest absolute Gasteiger partial charge is 0.272 e. The van der Waals surface area contributed by atoms with Gasteiger partial charge in [-0.3, -0.25) is 4.72 Å². The minimum absolute atomic E-state index is 0.0774. The van der Waals surface area contributed by atoms with E-state index >= 15 is 0 Å². The molecule has 21 heavy (non-hydrogen) atoms. The minimum Gasteiger partial charge on any atom is -0.379 e. The summed E-state index contributed by atoms with van der Waals surface area (Å²) >= 11 is 4.40. The lowest BCUT2D eigenvalue weighted by atomic mass is 10.1. The van der Waals surface area contributed by atoms with Crippen molar-refractivity contribution in [1.29, 1.82) is 0 Å². The number of halogens is 1. The molecular formula is C13H16BrN3O2S2. The van der Waals surface area contributed by atoms with Crippen LogP contribution in [-0.2, 0) is 10.0 Å². The lowest BCUT2D eigenvalue weighted by Crippen LogP contribution is -2.26. The van der Waals surface area contributed by atoms with E-state index in [9.17, 15) is 8.42 Å². The van der Waals surface area contributed by atoms with Crippen molar-refractivity contribution < 1.29 is 8.42 Å². The molecule has 0 saturated carbocycles. The van der Waals surface area contributed by atoms with Gasteiger partial charge in [0.05, 0.1) is 15.7 Å². The van der Waals surface area contributed by atoms with E-state index in [4.69, 9.17) is 0 Å². The van der Waals surface area contributed by atoms with Crippen molar-refractivity contribution in [1.82, 2.24) is 4.98 Å². The van der Waals surface area contributed by atoms with Gasteiger partial charge in [-0.25, -0.2) is 13.4 Å². The molecule has 0 spiro atoms. The fourth-order valence-electron chi connectivity index (χ4n) is 1.59. The molecule has 0 aromatic carbocycles. The number of anilines is 2. The van der Waals surface area contributed by atoms with Crippen LogP contribution in [-0.4, -0.2) is 18.9 Å². The highest BCUT2D eigenvalue weighted by Crippen LogP contribution is 2.27. The Balaban J connectivity index is 2.13. The molecule has 2 aromatic heterocycles. The highest BCUT2D eigenvalue weighted by atomic mass is 79.9. The Morgan fingerprint density at radius 3 is 2.38 bits per heavy atom. The number of aromatic nitrogens is 1. The SMILES string of the molecule is CC(C)(C)Nc1ccc(NS(=O)(=O)c2ccc(Br)s2)nc1. The summed E-state index contributed by atoms with van der Waals surface area (Å²) in [6.45, 7) is 6.12. The van der Waals surface area contributed by atoms with Gasteiger partial charge in [-0.2, -0.15) is 0 Å². The molecular weight excluding hydrogens is 374 g/mol. The van der Waals surface area contributed by atoms with E-state index in [1.165, 1.54) is 0 Å². The molecule has 0 fully saturated rings. The molecule has 0 aliphatic carbocycles. The van der Waals surface area contributed by atoms with E-state index in [0.29, 0.717) is 5.82 Å². The third kappa shape index (κ3) is 4.69. The second-order valence-corrected chi connectivity index (χ2v) is 9.84. The van der Waals surface area contributed by atoms with Crippen LogP contribution in [0, 0.1) is 0 Å². The molecule has 2 heterocycles. The van der Waals surface area contributed by atoms with Crippen molar-refractivity contribution in [3.8, 4) is 0 Å². The first-order chi connectivity index (χ1) is 9.66. The Kier molecular flexibility index (Phi) is 4.60. The average molecular weight is 390 g/mol. The minimum atomic E-state index is -3.58. The van der Waals surface area contributed by atoms with Gasteiger partial charge in [0.25, 0.3) is 10.0 Å². The monoisotopic (exact) mass is 389 g/mol. The van der Waals surface area contributed by atoms with Crippen LogP contribution < -0.4 is 10.0 Å². The Morgan fingerprint density at radius 2 is 1.90 bits per heavy atom. The van der Waals surface area contributed by atoms with Crippen LogP contribution in [0.3, 0.4) is 0 Å². The van der Waals surface area contributed by atoms with Crippen molar-refractivity contribution in [2.45, 2.75) is 30.5 Å².